The maximum atomic E-state index is 12.5. The summed E-state index contributed by atoms with van der Waals surface area (Å²) in [5.74, 6) is 0.928. The smallest absolute Gasteiger partial charge is 0.325 e. The first-order valence-corrected chi connectivity index (χ1v) is 8.50. The number of likely N-dealkylation sites (N-methyl/N-ethyl adjacent to an activating group) is 1. The number of hydrogen-bond acceptors (Lipinski definition) is 6. The van der Waals surface area contributed by atoms with Gasteiger partial charge in [-0.05, 0) is 18.1 Å². The second-order valence-corrected chi connectivity index (χ2v) is 6.96. The van der Waals surface area contributed by atoms with Crippen LogP contribution in [-0.4, -0.2) is 67.5 Å². The van der Waals surface area contributed by atoms with Crippen LogP contribution in [0.5, 0.6) is 5.75 Å². The van der Waals surface area contributed by atoms with Crippen LogP contribution in [0.1, 0.15) is 6.92 Å². The molecule has 4 atom stereocenters. The highest BCUT2D eigenvalue weighted by Gasteiger charge is 2.54. The third kappa shape index (κ3) is 2.44. The van der Waals surface area contributed by atoms with Gasteiger partial charge >= 0.3 is 6.03 Å². The van der Waals surface area contributed by atoms with Gasteiger partial charge in [-0.25, -0.2) is 4.79 Å². The molecular weight excluding hydrogens is 322 g/mol. The molecule has 3 saturated heterocycles. The van der Waals surface area contributed by atoms with Gasteiger partial charge in [0.2, 0.25) is 5.91 Å². The number of para-hydroxylation sites is 2. The van der Waals surface area contributed by atoms with E-state index in [1.165, 1.54) is 0 Å². The van der Waals surface area contributed by atoms with Crippen LogP contribution in [-0.2, 0) is 4.79 Å². The molecule has 25 heavy (non-hydrogen) atoms. The lowest BCUT2D eigenvalue weighted by Crippen LogP contribution is -2.65. The van der Waals surface area contributed by atoms with E-state index in [9.17, 15) is 9.59 Å². The number of methoxy groups -OCH3 is 1. The average molecular weight is 345 g/mol. The van der Waals surface area contributed by atoms with Gasteiger partial charge in [0.05, 0.1) is 12.8 Å². The predicted molar refractivity (Wildman–Crippen MR) is 92.0 cm³/mol. The van der Waals surface area contributed by atoms with E-state index in [0.717, 1.165) is 24.5 Å². The molecule has 1 aromatic rings. The van der Waals surface area contributed by atoms with E-state index in [1.807, 2.05) is 24.3 Å². The van der Waals surface area contributed by atoms with Crippen molar-refractivity contribution in [2.24, 2.45) is 5.92 Å². The lowest BCUT2D eigenvalue weighted by molar-refractivity contribution is -0.128. The van der Waals surface area contributed by atoms with Crippen molar-refractivity contribution in [3.8, 4) is 5.75 Å². The molecule has 3 aliphatic heterocycles. The molecule has 0 saturated carbocycles. The average Bonchev–Trinajstić information content (AvgIpc) is 2.99. The molecule has 3 aliphatic rings. The number of ether oxygens (including phenoxy) is 1. The highest BCUT2D eigenvalue weighted by molar-refractivity contribution is 6.00. The summed E-state index contributed by atoms with van der Waals surface area (Å²) in [4.78, 5) is 30.4. The molecule has 8 heteroatoms. The zero-order chi connectivity index (χ0) is 17.7. The lowest BCUT2D eigenvalue weighted by atomic mass is 10.0. The molecule has 134 valence electrons. The number of carbonyl (C=O) groups is 2. The van der Waals surface area contributed by atoms with Gasteiger partial charge in [0.25, 0.3) is 0 Å². The molecule has 4 rings (SSSR count). The van der Waals surface area contributed by atoms with E-state index >= 15 is 0 Å². The first-order chi connectivity index (χ1) is 12.0. The predicted octanol–water partition coefficient (Wildman–Crippen LogP) is 0.216. The van der Waals surface area contributed by atoms with E-state index in [4.69, 9.17) is 4.74 Å². The number of amides is 3. The number of urea groups is 1. The van der Waals surface area contributed by atoms with Crippen molar-refractivity contribution in [2.45, 2.75) is 25.4 Å². The molecule has 0 aromatic heterocycles. The highest BCUT2D eigenvalue weighted by atomic mass is 16.5. The van der Waals surface area contributed by atoms with Gasteiger partial charge in [-0.15, -0.1) is 0 Å². The molecule has 0 bridgehead atoms. The van der Waals surface area contributed by atoms with Crippen LogP contribution >= 0.6 is 0 Å². The summed E-state index contributed by atoms with van der Waals surface area (Å²) < 4.78 is 5.53. The molecular formula is C17H23N5O3. The quantitative estimate of drug-likeness (QED) is 0.798. The summed E-state index contributed by atoms with van der Waals surface area (Å²) in [5, 5.41) is 5.92. The van der Waals surface area contributed by atoms with Crippen molar-refractivity contribution in [3.63, 3.8) is 0 Å². The van der Waals surface area contributed by atoms with Crippen LogP contribution in [0.4, 0.5) is 10.5 Å². The monoisotopic (exact) mass is 345 g/mol. The van der Waals surface area contributed by atoms with Crippen LogP contribution in [0.15, 0.2) is 24.3 Å². The lowest BCUT2D eigenvalue weighted by Gasteiger charge is -2.45. The number of nitrogens with zero attached hydrogens (tertiary/aromatic N) is 3. The van der Waals surface area contributed by atoms with Crippen molar-refractivity contribution < 1.29 is 14.3 Å². The van der Waals surface area contributed by atoms with Crippen molar-refractivity contribution >= 4 is 17.6 Å². The molecule has 0 spiro atoms. The molecule has 2 N–H and O–H groups in total. The number of fused-ring (bicyclic) bond motifs is 3. The Morgan fingerprint density at radius 2 is 1.96 bits per heavy atom. The van der Waals surface area contributed by atoms with Crippen LogP contribution in [0.2, 0.25) is 0 Å². The fourth-order valence-electron chi connectivity index (χ4n) is 4.12. The summed E-state index contributed by atoms with van der Waals surface area (Å²) >= 11 is 0. The van der Waals surface area contributed by atoms with Crippen molar-refractivity contribution in [2.75, 3.05) is 32.1 Å². The number of nitrogens with one attached hydrogen (secondary N) is 2. The van der Waals surface area contributed by atoms with E-state index < -0.39 is 6.04 Å². The van der Waals surface area contributed by atoms with E-state index in [1.54, 1.807) is 19.1 Å². The summed E-state index contributed by atoms with van der Waals surface area (Å²) in [6.45, 7) is 3.80. The normalized spacial score (nSPS) is 32.3. The second kappa shape index (κ2) is 5.89. The van der Waals surface area contributed by atoms with Gasteiger partial charge in [-0.1, -0.05) is 19.1 Å². The zero-order valence-corrected chi connectivity index (χ0v) is 14.6. The molecule has 0 radical (unpaired) electrons. The minimum atomic E-state index is -0.396. The second-order valence-electron chi connectivity index (χ2n) is 6.96. The summed E-state index contributed by atoms with van der Waals surface area (Å²) in [6, 6.07) is 7.11. The van der Waals surface area contributed by atoms with Crippen LogP contribution in [0, 0.1) is 5.92 Å². The summed E-state index contributed by atoms with van der Waals surface area (Å²) in [5.41, 5.74) is 0.979. The number of carbonyl (C=O) groups excluding carboxylic acids is 2. The Hall–Kier alpha value is -2.32. The summed E-state index contributed by atoms with van der Waals surface area (Å²) in [6.07, 6.45) is -0.504. The topological polar surface area (TPSA) is 77.2 Å². The Kier molecular flexibility index (Phi) is 3.81. The molecule has 8 nitrogen and oxygen atoms in total. The Morgan fingerprint density at radius 3 is 2.72 bits per heavy atom. The fourth-order valence-corrected chi connectivity index (χ4v) is 4.12. The Balaban J connectivity index is 1.72. The van der Waals surface area contributed by atoms with Gasteiger partial charge in [0, 0.05) is 20.1 Å². The molecule has 4 unspecified atom stereocenters. The van der Waals surface area contributed by atoms with Gasteiger partial charge in [0.15, 0.2) is 0 Å². The minimum Gasteiger partial charge on any atom is -0.495 e. The maximum absolute atomic E-state index is 12.5. The first-order valence-electron chi connectivity index (χ1n) is 8.50. The Bertz CT molecular complexity index is 711. The minimum absolute atomic E-state index is 0.165. The molecule has 3 fully saturated rings. The number of anilines is 1. The maximum Gasteiger partial charge on any atom is 0.325 e. The first kappa shape index (κ1) is 16.2. The zero-order valence-electron chi connectivity index (χ0n) is 14.6. The van der Waals surface area contributed by atoms with Crippen molar-refractivity contribution in [3.05, 3.63) is 24.3 Å². The van der Waals surface area contributed by atoms with Gasteiger partial charge in [0.1, 0.15) is 24.2 Å². The Labute approximate surface area is 146 Å². The SMILES string of the molecule is COc1ccccc1N1CC(C)CN2C3C(=O)NC(=O)N(C)C3NC12. The van der Waals surface area contributed by atoms with Crippen molar-refractivity contribution in [1.82, 2.24) is 20.4 Å². The number of rotatable bonds is 2. The standard InChI is InChI=1S/C17H23N5O3/c1-10-8-21(11-6-4-5-7-12(11)25-3)16-18-14-13(22(16)9-10)15(23)19-17(24)20(14)2/h4-7,10,13-14,16,18H,8-9H2,1-3H3,(H,19,23,24). The Morgan fingerprint density at radius 1 is 1.20 bits per heavy atom. The molecule has 1 aromatic carbocycles. The third-order valence-electron chi connectivity index (χ3n) is 5.25. The number of imide groups is 1. The highest BCUT2D eigenvalue weighted by Crippen LogP contribution is 2.36. The van der Waals surface area contributed by atoms with Gasteiger partial charge in [-0.3, -0.25) is 20.3 Å². The largest absolute Gasteiger partial charge is 0.495 e. The molecule has 3 heterocycles. The van der Waals surface area contributed by atoms with E-state index in [0.29, 0.717) is 5.92 Å². The van der Waals surface area contributed by atoms with E-state index in [2.05, 4.69) is 27.4 Å². The molecule has 3 amide bonds. The van der Waals surface area contributed by atoms with Crippen molar-refractivity contribution in [1.29, 1.82) is 0 Å². The fraction of sp³-hybridized carbons (Fsp3) is 0.529. The van der Waals surface area contributed by atoms with Gasteiger partial charge < -0.3 is 14.5 Å². The number of benzene rings is 1. The van der Waals surface area contributed by atoms with E-state index in [-0.39, 0.29) is 24.4 Å². The van der Waals surface area contributed by atoms with Crippen LogP contribution in [0.3, 0.4) is 0 Å². The van der Waals surface area contributed by atoms with Crippen LogP contribution < -0.4 is 20.3 Å². The summed E-state index contributed by atoms with van der Waals surface area (Å²) in [7, 11) is 3.37. The number of hydrogen-bond donors (Lipinski definition) is 2. The van der Waals surface area contributed by atoms with Crippen LogP contribution in [0.25, 0.3) is 0 Å². The van der Waals surface area contributed by atoms with Gasteiger partial charge in [-0.2, -0.15) is 0 Å². The third-order valence-corrected chi connectivity index (χ3v) is 5.25. The molecule has 0 aliphatic carbocycles.